The Hall–Kier alpha value is -1.59. The van der Waals surface area contributed by atoms with Gasteiger partial charge in [0.15, 0.2) is 29.8 Å². The number of fused-ring (bicyclic) bond motifs is 1. The molecule has 1 aromatic carbocycles. The molecule has 0 fully saturated rings. The van der Waals surface area contributed by atoms with Crippen molar-refractivity contribution < 1.29 is 27.1 Å². The molecule has 0 N–H and O–H groups in total. The number of benzene rings is 1. The molecule has 0 spiro atoms. The van der Waals surface area contributed by atoms with Gasteiger partial charge in [-0.05, 0) is 0 Å². The molecule has 0 saturated heterocycles. The van der Waals surface area contributed by atoms with Crippen molar-refractivity contribution >= 4 is 6.29 Å². The predicted molar refractivity (Wildman–Crippen MR) is 40.5 cm³/mol. The molecule has 2 nitrogen and oxygen atoms in total. The first-order valence-electron chi connectivity index (χ1n) is 4.03. The van der Waals surface area contributed by atoms with Gasteiger partial charge in [-0.3, -0.25) is 4.79 Å². The van der Waals surface area contributed by atoms with Gasteiger partial charge in [0.05, 0.1) is 0 Å². The summed E-state index contributed by atoms with van der Waals surface area (Å²) in [6.45, 7) is 0. The fraction of sp³-hybridized carbons (Fsp3) is 0.222. The van der Waals surface area contributed by atoms with E-state index in [9.17, 15) is 22.4 Å². The van der Waals surface area contributed by atoms with E-state index >= 15 is 0 Å². The second-order valence-electron chi connectivity index (χ2n) is 3.06. The molecule has 0 amide bonds. The van der Waals surface area contributed by atoms with E-state index < -0.39 is 40.7 Å². The first-order chi connectivity index (χ1) is 7.06. The molecule has 15 heavy (non-hydrogen) atoms. The Morgan fingerprint density at radius 2 is 1.67 bits per heavy atom. The molecule has 0 aromatic heterocycles. The lowest BCUT2D eigenvalue weighted by atomic mass is 10.1. The second-order valence-corrected chi connectivity index (χ2v) is 3.06. The molecule has 2 rings (SSSR count). The van der Waals surface area contributed by atoms with Gasteiger partial charge in [0.2, 0.25) is 11.6 Å². The van der Waals surface area contributed by atoms with E-state index in [1.807, 2.05) is 0 Å². The molecule has 0 saturated carbocycles. The highest BCUT2D eigenvalue weighted by Crippen LogP contribution is 2.36. The van der Waals surface area contributed by atoms with Crippen LogP contribution in [0.3, 0.4) is 0 Å². The fourth-order valence-corrected chi connectivity index (χ4v) is 1.43. The summed E-state index contributed by atoms with van der Waals surface area (Å²) in [4.78, 5) is 10.3. The third-order valence-electron chi connectivity index (χ3n) is 2.14. The Morgan fingerprint density at radius 1 is 1.07 bits per heavy atom. The molecule has 1 atom stereocenters. The van der Waals surface area contributed by atoms with Crippen LogP contribution in [0.2, 0.25) is 0 Å². The van der Waals surface area contributed by atoms with Crippen molar-refractivity contribution in [3.05, 3.63) is 28.8 Å². The summed E-state index contributed by atoms with van der Waals surface area (Å²) >= 11 is 0. The number of aldehydes is 1. The number of rotatable bonds is 1. The normalized spacial score (nSPS) is 18.5. The largest absolute Gasteiger partial charge is 0.479 e. The first kappa shape index (κ1) is 9.95. The number of hydrogen-bond acceptors (Lipinski definition) is 2. The molecular formula is C9H4F4O2. The zero-order valence-corrected chi connectivity index (χ0v) is 7.19. The maximum atomic E-state index is 13.1. The number of carbonyl (C=O) groups excluding carboxylic acids is 1. The maximum absolute atomic E-state index is 13.1. The van der Waals surface area contributed by atoms with E-state index in [0.29, 0.717) is 6.29 Å². The number of hydrogen-bond donors (Lipinski definition) is 0. The number of halogens is 4. The smallest absolute Gasteiger partial charge is 0.204 e. The van der Waals surface area contributed by atoms with Crippen LogP contribution in [0.5, 0.6) is 5.75 Å². The van der Waals surface area contributed by atoms with Gasteiger partial charge in [0.1, 0.15) is 0 Å². The van der Waals surface area contributed by atoms with Crippen molar-refractivity contribution in [1.82, 2.24) is 0 Å². The summed E-state index contributed by atoms with van der Waals surface area (Å²) in [5, 5.41) is 0. The molecule has 1 aliphatic heterocycles. The molecule has 80 valence electrons. The van der Waals surface area contributed by atoms with Crippen molar-refractivity contribution in [2.24, 2.45) is 0 Å². The van der Waals surface area contributed by atoms with Crippen LogP contribution in [0.4, 0.5) is 17.6 Å². The van der Waals surface area contributed by atoms with Crippen molar-refractivity contribution in [2.45, 2.75) is 12.5 Å². The Labute approximate surface area is 81.5 Å². The van der Waals surface area contributed by atoms with Crippen LogP contribution in [0.25, 0.3) is 0 Å². The topological polar surface area (TPSA) is 26.3 Å². The zero-order chi connectivity index (χ0) is 11.2. The fourth-order valence-electron chi connectivity index (χ4n) is 1.43. The lowest BCUT2D eigenvalue weighted by molar-refractivity contribution is -0.113. The first-order valence-corrected chi connectivity index (χ1v) is 4.03. The average molecular weight is 220 g/mol. The van der Waals surface area contributed by atoms with Crippen molar-refractivity contribution in [3.63, 3.8) is 0 Å². The number of carbonyl (C=O) groups is 1. The van der Waals surface area contributed by atoms with Gasteiger partial charge in [-0.15, -0.1) is 0 Å². The van der Waals surface area contributed by atoms with Gasteiger partial charge in [-0.1, -0.05) is 0 Å². The lowest BCUT2D eigenvalue weighted by Gasteiger charge is -2.04. The van der Waals surface area contributed by atoms with Crippen LogP contribution in [0.1, 0.15) is 5.56 Å². The van der Waals surface area contributed by atoms with E-state index in [4.69, 9.17) is 0 Å². The average Bonchev–Trinajstić information content (AvgIpc) is 2.67. The third-order valence-corrected chi connectivity index (χ3v) is 2.14. The lowest BCUT2D eigenvalue weighted by Crippen LogP contribution is -2.13. The molecule has 0 radical (unpaired) electrons. The summed E-state index contributed by atoms with van der Waals surface area (Å²) in [5.41, 5.74) is -0.441. The molecule has 0 aliphatic carbocycles. The van der Waals surface area contributed by atoms with E-state index in [1.165, 1.54) is 0 Å². The van der Waals surface area contributed by atoms with Crippen molar-refractivity contribution in [3.8, 4) is 5.75 Å². The molecule has 1 unspecified atom stereocenters. The van der Waals surface area contributed by atoms with Gasteiger partial charge in [-0.25, -0.2) is 13.2 Å². The second kappa shape index (κ2) is 3.22. The Morgan fingerprint density at radius 3 is 2.27 bits per heavy atom. The van der Waals surface area contributed by atoms with Crippen LogP contribution in [0, 0.1) is 23.3 Å². The molecular weight excluding hydrogens is 216 g/mol. The highest BCUT2D eigenvalue weighted by Gasteiger charge is 2.34. The molecule has 0 bridgehead atoms. The van der Waals surface area contributed by atoms with Crippen LogP contribution >= 0.6 is 0 Å². The quantitative estimate of drug-likeness (QED) is 0.312. The highest BCUT2D eigenvalue weighted by molar-refractivity contribution is 5.61. The molecule has 1 heterocycles. The minimum atomic E-state index is -1.93. The van der Waals surface area contributed by atoms with Gasteiger partial charge in [-0.2, -0.15) is 4.39 Å². The SMILES string of the molecule is O=CC1Cc2c(F)c(F)c(F)c(F)c2O1. The summed E-state index contributed by atoms with van der Waals surface area (Å²) in [6, 6.07) is 0. The van der Waals surface area contributed by atoms with E-state index in [1.54, 1.807) is 0 Å². The number of ether oxygens (including phenoxy) is 1. The summed E-state index contributed by atoms with van der Waals surface area (Å²) < 4.78 is 56.2. The van der Waals surface area contributed by atoms with Gasteiger partial charge in [0, 0.05) is 12.0 Å². The van der Waals surface area contributed by atoms with E-state index in [2.05, 4.69) is 4.74 Å². The van der Waals surface area contributed by atoms with Crippen LogP contribution in [-0.4, -0.2) is 12.4 Å². The standard InChI is InChI=1S/C9H4F4O2/c10-5-4-1-3(2-14)15-9(4)8(13)7(12)6(5)11/h2-3H,1H2. The molecule has 1 aliphatic rings. The van der Waals surface area contributed by atoms with Crippen LogP contribution in [0.15, 0.2) is 0 Å². The predicted octanol–water partition coefficient (Wildman–Crippen LogP) is 1.75. The van der Waals surface area contributed by atoms with E-state index in [0.717, 1.165) is 0 Å². The third kappa shape index (κ3) is 1.28. The summed E-state index contributed by atoms with van der Waals surface area (Å²) in [7, 11) is 0. The summed E-state index contributed by atoms with van der Waals surface area (Å²) in [5.74, 6) is -7.65. The Bertz CT molecular complexity index is 407. The summed E-state index contributed by atoms with van der Waals surface area (Å²) in [6.07, 6.45) is -1.07. The van der Waals surface area contributed by atoms with Crippen molar-refractivity contribution in [2.75, 3.05) is 0 Å². The van der Waals surface area contributed by atoms with Gasteiger partial charge < -0.3 is 4.74 Å². The highest BCUT2D eigenvalue weighted by atomic mass is 19.2. The van der Waals surface area contributed by atoms with Crippen LogP contribution in [-0.2, 0) is 11.2 Å². The zero-order valence-electron chi connectivity index (χ0n) is 7.19. The van der Waals surface area contributed by atoms with Gasteiger partial charge in [0.25, 0.3) is 0 Å². The Kier molecular flexibility index (Phi) is 2.13. The van der Waals surface area contributed by atoms with Crippen molar-refractivity contribution in [1.29, 1.82) is 0 Å². The minimum Gasteiger partial charge on any atom is -0.479 e. The molecule has 6 heteroatoms. The molecule has 1 aromatic rings. The maximum Gasteiger partial charge on any atom is 0.204 e. The van der Waals surface area contributed by atoms with E-state index in [-0.39, 0.29) is 6.42 Å². The van der Waals surface area contributed by atoms with Gasteiger partial charge >= 0.3 is 0 Å². The van der Waals surface area contributed by atoms with Crippen LogP contribution < -0.4 is 4.74 Å². The minimum absolute atomic E-state index is 0.293. The Balaban J connectivity index is 2.63. The monoisotopic (exact) mass is 220 g/mol.